The van der Waals surface area contributed by atoms with Crippen molar-refractivity contribution in [2.45, 2.75) is 57.8 Å². The van der Waals surface area contributed by atoms with E-state index in [-0.39, 0.29) is 16.2 Å². The number of rotatable bonds is 2. The number of hydrogen-bond acceptors (Lipinski definition) is 0. The number of benzene rings is 11. The smallest absolute Gasteiger partial charge is 0.0165 e. The molecule has 3 aliphatic carbocycles. The average molecular weight is 803 g/mol. The molecule has 0 atom stereocenters. The van der Waals surface area contributed by atoms with Gasteiger partial charge in [0.15, 0.2) is 0 Å². The Hall–Kier alpha value is -7.02. The molecule has 0 spiro atoms. The topological polar surface area (TPSA) is 0 Å². The Morgan fingerprint density at radius 2 is 0.778 bits per heavy atom. The fourth-order valence-electron chi connectivity index (χ4n) is 13.3. The minimum absolute atomic E-state index is 0.0638. The van der Waals surface area contributed by atoms with Crippen LogP contribution in [0, 0.1) is 0 Å². The van der Waals surface area contributed by atoms with Crippen molar-refractivity contribution in [3.8, 4) is 55.6 Å². The van der Waals surface area contributed by atoms with Gasteiger partial charge in [-0.05, 0) is 167 Å². The predicted molar refractivity (Wildman–Crippen MR) is 269 cm³/mol. The third-order valence-corrected chi connectivity index (χ3v) is 16.1. The SMILES string of the molecule is CC1(C)c2cc(-c3cc4c(c5ccccc35)C(C)(C)c3ccccc3-4)ccc2-c2c1cc1ccc3c(-c4cc5c(c6ccccc46)C(C)(C)c4ccccc4-5)ccc4ccc2c1c43. The zero-order valence-electron chi connectivity index (χ0n) is 36.7. The Balaban J connectivity index is 0.984. The van der Waals surface area contributed by atoms with Gasteiger partial charge in [-0.3, -0.25) is 0 Å². The van der Waals surface area contributed by atoms with Crippen LogP contribution in [0.3, 0.4) is 0 Å². The summed E-state index contributed by atoms with van der Waals surface area (Å²) in [6.07, 6.45) is 0. The normalized spacial score (nSPS) is 15.8. The van der Waals surface area contributed by atoms with Crippen LogP contribution in [-0.4, -0.2) is 0 Å². The van der Waals surface area contributed by atoms with E-state index in [4.69, 9.17) is 0 Å². The molecule has 0 heteroatoms. The maximum atomic E-state index is 2.53. The third-order valence-electron chi connectivity index (χ3n) is 16.1. The van der Waals surface area contributed by atoms with E-state index < -0.39 is 0 Å². The van der Waals surface area contributed by atoms with Gasteiger partial charge in [0, 0.05) is 16.2 Å². The maximum absolute atomic E-state index is 2.53. The first-order valence-electron chi connectivity index (χ1n) is 22.8. The Bertz CT molecular complexity index is 3870. The van der Waals surface area contributed by atoms with Crippen LogP contribution >= 0.6 is 0 Å². The van der Waals surface area contributed by atoms with Crippen LogP contribution < -0.4 is 0 Å². The van der Waals surface area contributed by atoms with Crippen molar-refractivity contribution in [2.75, 3.05) is 0 Å². The summed E-state index contributed by atoms with van der Waals surface area (Å²) in [4.78, 5) is 0. The lowest BCUT2D eigenvalue weighted by Crippen LogP contribution is -2.15. The maximum Gasteiger partial charge on any atom is 0.0165 e. The second-order valence-electron chi connectivity index (χ2n) is 20.3. The van der Waals surface area contributed by atoms with Crippen LogP contribution in [0.1, 0.15) is 74.9 Å². The van der Waals surface area contributed by atoms with Crippen LogP contribution in [0.15, 0.2) is 170 Å². The van der Waals surface area contributed by atoms with E-state index in [9.17, 15) is 0 Å². The summed E-state index contributed by atoms with van der Waals surface area (Å²) in [5, 5.41) is 13.4. The molecule has 298 valence electrons. The van der Waals surface area contributed by atoms with Crippen molar-refractivity contribution < 1.29 is 0 Å². The predicted octanol–water partition coefficient (Wildman–Crippen LogP) is 17.1. The minimum atomic E-state index is -0.176. The average Bonchev–Trinajstić information content (AvgIpc) is 3.79. The van der Waals surface area contributed by atoms with Gasteiger partial charge in [-0.2, -0.15) is 0 Å². The van der Waals surface area contributed by atoms with E-state index in [1.807, 2.05) is 0 Å². The van der Waals surface area contributed by atoms with Crippen molar-refractivity contribution >= 4 is 53.9 Å². The molecule has 0 aromatic heterocycles. The molecular weight excluding hydrogens is 757 g/mol. The van der Waals surface area contributed by atoms with E-state index >= 15 is 0 Å². The lowest BCUT2D eigenvalue weighted by atomic mass is 9.78. The second-order valence-corrected chi connectivity index (χ2v) is 20.3. The van der Waals surface area contributed by atoms with Crippen molar-refractivity contribution in [3.05, 3.63) is 203 Å². The molecule has 0 bridgehead atoms. The first kappa shape index (κ1) is 35.6. The van der Waals surface area contributed by atoms with Crippen LogP contribution in [0.5, 0.6) is 0 Å². The number of hydrogen-bond donors (Lipinski definition) is 0. The molecule has 0 aliphatic heterocycles. The summed E-state index contributed by atoms with van der Waals surface area (Å²) >= 11 is 0. The summed E-state index contributed by atoms with van der Waals surface area (Å²) in [6, 6.07) is 65.6. The summed E-state index contributed by atoms with van der Waals surface area (Å²) < 4.78 is 0. The van der Waals surface area contributed by atoms with E-state index in [2.05, 4.69) is 211 Å². The summed E-state index contributed by atoms with van der Waals surface area (Å²) in [5.74, 6) is 0. The molecule has 11 aromatic carbocycles. The standard InChI is InChI=1S/C63H46/c1-61(2)54-31-36(48-33-50-41-17-11-13-21-52(41)62(3,4)59(50)44-19-9-7-15-38(44)48)25-29-46(54)58-47-30-24-35-23-27-40(43-28-26-37(32-55(58)61)57(47)56(35)43)49-34-51-42-18-12-14-22-53(42)63(5,6)60(51)45-20-10-8-16-39(45)49/h7-34H,1-6H3. The van der Waals surface area contributed by atoms with Crippen molar-refractivity contribution in [3.63, 3.8) is 0 Å². The van der Waals surface area contributed by atoms with E-state index in [0.717, 1.165) is 0 Å². The minimum Gasteiger partial charge on any atom is -0.0619 e. The van der Waals surface area contributed by atoms with Gasteiger partial charge in [0.25, 0.3) is 0 Å². The lowest BCUT2D eigenvalue weighted by Gasteiger charge is -2.25. The van der Waals surface area contributed by atoms with Gasteiger partial charge in [0.1, 0.15) is 0 Å². The Labute approximate surface area is 368 Å². The zero-order chi connectivity index (χ0) is 42.3. The van der Waals surface area contributed by atoms with Gasteiger partial charge in [0.2, 0.25) is 0 Å². The highest BCUT2D eigenvalue weighted by Crippen LogP contribution is 2.58. The number of fused-ring (bicyclic) bond motifs is 14. The molecule has 0 amide bonds. The fourth-order valence-corrected chi connectivity index (χ4v) is 13.3. The first-order chi connectivity index (χ1) is 30.5. The van der Waals surface area contributed by atoms with Crippen LogP contribution in [0.2, 0.25) is 0 Å². The van der Waals surface area contributed by atoms with Gasteiger partial charge in [-0.25, -0.2) is 0 Å². The van der Waals surface area contributed by atoms with Crippen LogP contribution in [0.4, 0.5) is 0 Å². The van der Waals surface area contributed by atoms with E-state index in [1.165, 1.54) is 143 Å². The fraction of sp³-hybridized carbons (Fsp3) is 0.143. The highest BCUT2D eigenvalue weighted by Gasteiger charge is 2.41. The van der Waals surface area contributed by atoms with Crippen LogP contribution in [0.25, 0.3) is 109 Å². The highest BCUT2D eigenvalue weighted by atomic mass is 14.4. The summed E-state index contributed by atoms with van der Waals surface area (Å²) in [7, 11) is 0. The zero-order valence-corrected chi connectivity index (χ0v) is 36.7. The van der Waals surface area contributed by atoms with Gasteiger partial charge >= 0.3 is 0 Å². The van der Waals surface area contributed by atoms with Crippen molar-refractivity contribution in [1.82, 2.24) is 0 Å². The molecule has 0 nitrogen and oxygen atoms in total. The molecule has 63 heavy (non-hydrogen) atoms. The molecule has 0 N–H and O–H groups in total. The molecule has 0 heterocycles. The van der Waals surface area contributed by atoms with Gasteiger partial charge in [-0.1, -0.05) is 187 Å². The molecule has 0 saturated heterocycles. The highest BCUT2D eigenvalue weighted by molar-refractivity contribution is 6.29. The molecular formula is C63H46. The van der Waals surface area contributed by atoms with E-state index in [0.29, 0.717) is 0 Å². The Kier molecular flexibility index (Phi) is 6.61. The molecule has 14 rings (SSSR count). The molecule has 11 aromatic rings. The summed E-state index contributed by atoms with van der Waals surface area (Å²) in [6.45, 7) is 14.5. The largest absolute Gasteiger partial charge is 0.0619 e. The molecule has 3 aliphatic rings. The monoisotopic (exact) mass is 802 g/mol. The van der Waals surface area contributed by atoms with E-state index in [1.54, 1.807) is 0 Å². The molecule has 0 saturated carbocycles. The molecule has 0 fully saturated rings. The van der Waals surface area contributed by atoms with Crippen molar-refractivity contribution in [2.24, 2.45) is 0 Å². The quantitative estimate of drug-likeness (QED) is 0.153. The van der Waals surface area contributed by atoms with Gasteiger partial charge in [0.05, 0.1) is 0 Å². The molecule has 0 unspecified atom stereocenters. The Morgan fingerprint density at radius 1 is 0.270 bits per heavy atom. The first-order valence-corrected chi connectivity index (χ1v) is 22.8. The molecule has 0 radical (unpaired) electrons. The Morgan fingerprint density at radius 3 is 1.44 bits per heavy atom. The van der Waals surface area contributed by atoms with Crippen molar-refractivity contribution in [1.29, 1.82) is 0 Å². The lowest BCUT2D eigenvalue weighted by molar-refractivity contribution is 0.661. The second kappa shape index (κ2) is 11.7. The van der Waals surface area contributed by atoms with Gasteiger partial charge in [-0.15, -0.1) is 0 Å². The van der Waals surface area contributed by atoms with Gasteiger partial charge < -0.3 is 0 Å². The van der Waals surface area contributed by atoms with Crippen LogP contribution in [-0.2, 0) is 16.2 Å². The third kappa shape index (κ3) is 4.32. The summed E-state index contributed by atoms with van der Waals surface area (Å²) in [5.41, 5.74) is 21.7.